The van der Waals surface area contributed by atoms with Crippen LogP contribution in [0.5, 0.6) is 5.75 Å². The molecule has 0 bridgehead atoms. The van der Waals surface area contributed by atoms with E-state index in [1.165, 1.54) is 37.4 Å². The highest BCUT2D eigenvalue weighted by Gasteiger charge is 2.39. The van der Waals surface area contributed by atoms with Crippen molar-refractivity contribution in [1.29, 1.82) is 0 Å². The van der Waals surface area contributed by atoms with Gasteiger partial charge < -0.3 is 9.52 Å². The number of rotatable bonds is 1. The molecule has 0 saturated carbocycles. The lowest BCUT2D eigenvalue weighted by Crippen LogP contribution is -2.16. The third-order valence-electron chi connectivity index (χ3n) is 3.39. The summed E-state index contributed by atoms with van der Waals surface area (Å²) in [5, 5.41) is 9.59. The molecular formula is C16H10F3NO3. The maximum Gasteiger partial charge on any atom is 0.450 e. The van der Waals surface area contributed by atoms with Crippen molar-refractivity contribution in [2.45, 2.75) is 13.1 Å². The van der Waals surface area contributed by atoms with Crippen LogP contribution in [0.3, 0.4) is 0 Å². The summed E-state index contributed by atoms with van der Waals surface area (Å²) >= 11 is 0. The molecule has 4 nitrogen and oxygen atoms in total. The molecule has 118 valence electrons. The van der Waals surface area contributed by atoms with Gasteiger partial charge in [0.1, 0.15) is 11.3 Å². The molecule has 0 atom stereocenters. The molecule has 0 aliphatic carbocycles. The Labute approximate surface area is 127 Å². The number of phenols is 1. The van der Waals surface area contributed by atoms with E-state index in [9.17, 15) is 23.1 Å². The van der Waals surface area contributed by atoms with E-state index in [0.29, 0.717) is 5.56 Å². The number of pyridine rings is 1. The normalized spacial score (nSPS) is 11.8. The first kappa shape index (κ1) is 15.1. The highest BCUT2D eigenvalue weighted by atomic mass is 19.4. The highest BCUT2D eigenvalue weighted by Crippen LogP contribution is 2.37. The van der Waals surface area contributed by atoms with E-state index in [2.05, 4.69) is 4.98 Å². The van der Waals surface area contributed by atoms with Crippen LogP contribution in [0.4, 0.5) is 13.2 Å². The minimum atomic E-state index is -4.87. The fourth-order valence-electron chi connectivity index (χ4n) is 2.28. The summed E-state index contributed by atoms with van der Waals surface area (Å²) in [6.45, 7) is 1.53. The summed E-state index contributed by atoms with van der Waals surface area (Å²) in [7, 11) is 0. The van der Waals surface area contributed by atoms with Crippen LogP contribution in [0.2, 0.25) is 0 Å². The molecule has 0 aliphatic heterocycles. The van der Waals surface area contributed by atoms with Crippen molar-refractivity contribution in [3.8, 4) is 17.0 Å². The van der Waals surface area contributed by atoms with Gasteiger partial charge in [-0.25, -0.2) is 0 Å². The Morgan fingerprint density at radius 3 is 2.57 bits per heavy atom. The number of aromatic hydroxyl groups is 1. The van der Waals surface area contributed by atoms with Crippen LogP contribution in [0.25, 0.3) is 22.2 Å². The lowest BCUT2D eigenvalue weighted by molar-refractivity contribution is -0.152. The quantitative estimate of drug-likeness (QED) is 0.738. The second-order valence-corrected chi connectivity index (χ2v) is 4.98. The number of aromatic nitrogens is 1. The number of hydrogen-bond acceptors (Lipinski definition) is 4. The molecule has 0 radical (unpaired) electrons. The summed E-state index contributed by atoms with van der Waals surface area (Å²) in [5.74, 6) is -1.68. The smallest absolute Gasteiger partial charge is 0.450 e. The van der Waals surface area contributed by atoms with Crippen molar-refractivity contribution in [3.63, 3.8) is 0 Å². The van der Waals surface area contributed by atoms with Crippen LogP contribution >= 0.6 is 0 Å². The Balaban J connectivity index is 2.48. The van der Waals surface area contributed by atoms with Gasteiger partial charge in [0.25, 0.3) is 0 Å². The second-order valence-electron chi connectivity index (χ2n) is 4.98. The summed E-state index contributed by atoms with van der Waals surface area (Å²) in [4.78, 5) is 16.4. The molecule has 0 spiro atoms. The number of halogens is 3. The molecule has 0 unspecified atom stereocenters. The van der Waals surface area contributed by atoms with E-state index in [1.807, 2.05) is 0 Å². The van der Waals surface area contributed by atoms with Gasteiger partial charge in [0.05, 0.1) is 16.6 Å². The van der Waals surface area contributed by atoms with Gasteiger partial charge >= 0.3 is 6.18 Å². The van der Waals surface area contributed by atoms with Crippen LogP contribution in [0, 0.1) is 6.92 Å². The minimum absolute atomic E-state index is 0.0473. The Morgan fingerprint density at radius 2 is 1.96 bits per heavy atom. The number of hydrogen-bond donors (Lipinski definition) is 1. The number of phenolic OH excluding ortho intramolecular Hbond substituents is 1. The first-order valence-electron chi connectivity index (χ1n) is 6.58. The number of aryl methyl sites for hydroxylation is 1. The molecule has 2 heterocycles. The average Bonchev–Trinajstić information content (AvgIpc) is 2.49. The Kier molecular flexibility index (Phi) is 3.35. The predicted molar refractivity (Wildman–Crippen MR) is 77.1 cm³/mol. The van der Waals surface area contributed by atoms with Gasteiger partial charge in [0, 0.05) is 12.3 Å². The zero-order chi connectivity index (χ0) is 16.8. The van der Waals surface area contributed by atoms with Crippen LogP contribution < -0.4 is 5.43 Å². The molecule has 3 aromatic rings. The summed E-state index contributed by atoms with van der Waals surface area (Å²) < 4.78 is 44.8. The van der Waals surface area contributed by atoms with E-state index >= 15 is 0 Å². The van der Waals surface area contributed by atoms with Gasteiger partial charge in [0.2, 0.25) is 11.2 Å². The van der Waals surface area contributed by atoms with Crippen LogP contribution in [0.1, 0.15) is 11.3 Å². The maximum atomic E-state index is 13.3. The molecular weight excluding hydrogens is 311 g/mol. The van der Waals surface area contributed by atoms with Gasteiger partial charge in [-0.05, 0) is 30.7 Å². The van der Waals surface area contributed by atoms with Crippen molar-refractivity contribution in [2.24, 2.45) is 0 Å². The van der Waals surface area contributed by atoms with E-state index < -0.39 is 22.9 Å². The molecule has 0 saturated heterocycles. The maximum absolute atomic E-state index is 13.3. The number of benzene rings is 1. The second kappa shape index (κ2) is 5.12. The molecule has 1 N–H and O–H groups in total. The highest BCUT2D eigenvalue weighted by molar-refractivity contribution is 5.84. The number of fused-ring (bicyclic) bond motifs is 1. The molecule has 0 aliphatic rings. The van der Waals surface area contributed by atoms with Crippen molar-refractivity contribution >= 4 is 11.0 Å². The molecule has 1 aromatic carbocycles. The topological polar surface area (TPSA) is 63.3 Å². The Bertz CT molecular complexity index is 947. The first-order valence-corrected chi connectivity index (χ1v) is 6.58. The zero-order valence-electron chi connectivity index (χ0n) is 11.8. The molecule has 2 aromatic heterocycles. The largest absolute Gasteiger partial charge is 0.508 e. The SMILES string of the molecule is Cc1cc2c(=O)c(-c3ccccn3)c(C(F)(F)F)oc2cc1O. The predicted octanol–water partition coefficient (Wildman–Crippen LogP) is 3.89. The fraction of sp³-hybridized carbons (Fsp3) is 0.125. The Morgan fingerprint density at radius 1 is 1.22 bits per heavy atom. The van der Waals surface area contributed by atoms with Crippen molar-refractivity contribution < 1.29 is 22.7 Å². The first-order chi connectivity index (χ1) is 10.8. The van der Waals surface area contributed by atoms with Crippen LogP contribution in [-0.2, 0) is 6.18 Å². The van der Waals surface area contributed by atoms with E-state index in [0.717, 1.165) is 6.07 Å². The van der Waals surface area contributed by atoms with Crippen LogP contribution in [0.15, 0.2) is 45.7 Å². The average molecular weight is 321 g/mol. The number of nitrogens with zero attached hydrogens (tertiary/aromatic N) is 1. The molecule has 0 fully saturated rings. The summed E-state index contributed by atoms with van der Waals surface area (Å²) in [5.41, 5.74) is -1.58. The monoisotopic (exact) mass is 321 g/mol. The standard InChI is InChI=1S/C16H10F3NO3/c1-8-6-9-12(7-11(8)21)23-15(16(17,18)19)13(14(9)22)10-4-2-3-5-20-10/h2-7,21H,1H3. The third kappa shape index (κ3) is 2.54. The molecule has 23 heavy (non-hydrogen) atoms. The Hall–Kier alpha value is -2.83. The third-order valence-corrected chi connectivity index (χ3v) is 3.39. The van der Waals surface area contributed by atoms with E-state index in [1.54, 1.807) is 0 Å². The van der Waals surface area contributed by atoms with E-state index in [-0.39, 0.29) is 22.4 Å². The summed E-state index contributed by atoms with van der Waals surface area (Å²) in [6.07, 6.45) is -3.58. The van der Waals surface area contributed by atoms with E-state index in [4.69, 9.17) is 4.42 Å². The number of alkyl halides is 3. The lowest BCUT2D eigenvalue weighted by atomic mass is 10.0. The molecule has 3 rings (SSSR count). The van der Waals surface area contributed by atoms with Crippen molar-refractivity contribution in [1.82, 2.24) is 4.98 Å². The van der Waals surface area contributed by atoms with Gasteiger partial charge in [-0.2, -0.15) is 13.2 Å². The summed E-state index contributed by atoms with van der Waals surface area (Å²) in [6, 6.07) is 6.61. The van der Waals surface area contributed by atoms with Crippen LogP contribution in [-0.4, -0.2) is 10.1 Å². The minimum Gasteiger partial charge on any atom is -0.508 e. The van der Waals surface area contributed by atoms with Gasteiger partial charge in [-0.15, -0.1) is 0 Å². The molecule has 7 heteroatoms. The molecule has 0 amide bonds. The van der Waals surface area contributed by atoms with Gasteiger partial charge in [-0.3, -0.25) is 9.78 Å². The van der Waals surface area contributed by atoms with Crippen molar-refractivity contribution in [3.05, 3.63) is 58.1 Å². The lowest BCUT2D eigenvalue weighted by Gasteiger charge is -2.12. The fourth-order valence-corrected chi connectivity index (χ4v) is 2.28. The zero-order valence-corrected chi connectivity index (χ0v) is 11.8. The van der Waals surface area contributed by atoms with Gasteiger partial charge in [-0.1, -0.05) is 6.07 Å². The van der Waals surface area contributed by atoms with Gasteiger partial charge in [0.15, 0.2) is 0 Å². The van der Waals surface area contributed by atoms with Crippen molar-refractivity contribution in [2.75, 3.05) is 0 Å².